The third-order valence-electron chi connectivity index (χ3n) is 3.23. The van der Waals surface area contributed by atoms with Gasteiger partial charge in [0.1, 0.15) is 10.8 Å². The van der Waals surface area contributed by atoms with Crippen molar-refractivity contribution >= 4 is 17.5 Å². The van der Waals surface area contributed by atoms with Gasteiger partial charge < -0.3 is 10.4 Å². The second-order valence-corrected chi connectivity index (χ2v) is 4.94. The van der Waals surface area contributed by atoms with Crippen LogP contribution in [0.25, 0.3) is 0 Å². The van der Waals surface area contributed by atoms with E-state index in [1.54, 1.807) is 0 Å². The van der Waals surface area contributed by atoms with E-state index in [0.29, 0.717) is 6.54 Å². The molecule has 1 saturated carbocycles. The van der Waals surface area contributed by atoms with E-state index in [-0.39, 0.29) is 28.8 Å². The summed E-state index contributed by atoms with van der Waals surface area (Å²) >= 11 is 5.67. The summed E-state index contributed by atoms with van der Waals surface area (Å²) < 4.78 is 0. The number of nitrogens with one attached hydrogen (secondary N) is 1. The first-order chi connectivity index (χ1) is 8.66. The molecule has 0 saturated heterocycles. The van der Waals surface area contributed by atoms with Crippen LogP contribution in [0.1, 0.15) is 36.2 Å². The predicted molar refractivity (Wildman–Crippen MR) is 67.3 cm³/mol. The predicted octanol–water partition coefficient (Wildman–Crippen LogP) is 1.41. The number of carbonyl (C=O) groups is 1. The molecule has 0 radical (unpaired) electrons. The Morgan fingerprint density at radius 2 is 2.22 bits per heavy atom. The number of hydrogen-bond donors (Lipinski definition) is 2. The summed E-state index contributed by atoms with van der Waals surface area (Å²) in [5, 5.41) is 12.8. The SMILES string of the molecule is O=C(NCC1CCCCC1O)c1cncc(Cl)n1. The lowest BCUT2D eigenvalue weighted by atomic mass is 9.86. The Labute approximate surface area is 111 Å². The van der Waals surface area contributed by atoms with Crippen molar-refractivity contribution in [3.63, 3.8) is 0 Å². The number of carbonyl (C=O) groups excluding carboxylic acids is 1. The molecule has 5 nitrogen and oxygen atoms in total. The summed E-state index contributed by atoms with van der Waals surface area (Å²) in [5.74, 6) is -0.169. The van der Waals surface area contributed by atoms with Gasteiger partial charge in [0.15, 0.2) is 0 Å². The second-order valence-electron chi connectivity index (χ2n) is 4.55. The Morgan fingerprint density at radius 1 is 1.44 bits per heavy atom. The fourth-order valence-corrected chi connectivity index (χ4v) is 2.34. The highest BCUT2D eigenvalue weighted by Crippen LogP contribution is 2.23. The molecule has 0 aliphatic heterocycles. The van der Waals surface area contributed by atoms with Crippen molar-refractivity contribution in [1.82, 2.24) is 15.3 Å². The third-order valence-corrected chi connectivity index (χ3v) is 3.41. The molecule has 1 aliphatic carbocycles. The molecule has 1 aromatic rings. The highest BCUT2D eigenvalue weighted by molar-refractivity contribution is 6.29. The standard InChI is InChI=1S/C12H16ClN3O2/c13-11-7-14-6-9(16-11)12(18)15-5-8-3-1-2-4-10(8)17/h6-8,10,17H,1-5H2,(H,15,18). The van der Waals surface area contributed by atoms with Gasteiger partial charge >= 0.3 is 0 Å². The van der Waals surface area contributed by atoms with Crippen LogP contribution in [-0.4, -0.2) is 33.6 Å². The lowest BCUT2D eigenvalue weighted by molar-refractivity contribution is 0.0661. The zero-order valence-electron chi connectivity index (χ0n) is 9.97. The first-order valence-electron chi connectivity index (χ1n) is 6.10. The van der Waals surface area contributed by atoms with Crippen LogP contribution in [0.2, 0.25) is 5.15 Å². The Bertz CT molecular complexity index is 428. The average molecular weight is 270 g/mol. The molecule has 18 heavy (non-hydrogen) atoms. The second kappa shape index (κ2) is 6.11. The normalized spacial score (nSPS) is 23.7. The van der Waals surface area contributed by atoms with Crippen molar-refractivity contribution in [3.8, 4) is 0 Å². The fraction of sp³-hybridized carbons (Fsp3) is 0.583. The van der Waals surface area contributed by atoms with E-state index in [1.165, 1.54) is 12.4 Å². The summed E-state index contributed by atoms with van der Waals surface area (Å²) in [6.45, 7) is 0.466. The number of aliphatic hydroxyl groups is 1. The summed E-state index contributed by atoms with van der Waals surface area (Å²) in [6, 6.07) is 0. The van der Waals surface area contributed by atoms with Gasteiger partial charge in [-0.05, 0) is 12.8 Å². The third kappa shape index (κ3) is 3.40. The molecule has 1 heterocycles. The minimum absolute atomic E-state index is 0.134. The maximum atomic E-state index is 11.8. The zero-order chi connectivity index (χ0) is 13.0. The largest absolute Gasteiger partial charge is 0.393 e. The highest BCUT2D eigenvalue weighted by atomic mass is 35.5. The van der Waals surface area contributed by atoms with Crippen LogP contribution in [-0.2, 0) is 0 Å². The maximum absolute atomic E-state index is 11.8. The fourth-order valence-electron chi connectivity index (χ4n) is 2.19. The van der Waals surface area contributed by atoms with Crippen molar-refractivity contribution in [2.45, 2.75) is 31.8 Å². The summed E-state index contributed by atoms with van der Waals surface area (Å²) in [7, 11) is 0. The first-order valence-corrected chi connectivity index (χ1v) is 6.48. The molecule has 0 bridgehead atoms. The summed E-state index contributed by atoms with van der Waals surface area (Å²) in [6.07, 6.45) is 6.37. The molecular formula is C12H16ClN3O2. The van der Waals surface area contributed by atoms with E-state index in [9.17, 15) is 9.90 Å². The van der Waals surface area contributed by atoms with E-state index in [0.717, 1.165) is 25.7 Å². The van der Waals surface area contributed by atoms with Gasteiger partial charge in [-0.2, -0.15) is 0 Å². The maximum Gasteiger partial charge on any atom is 0.271 e. The Morgan fingerprint density at radius 3 is 2.94 bits per heavy atom. The van der Waals surface area contributed by atoms with E-state index >= 15 is 0 Å². The number of nitrogens with zero attached hydrogens (tertiary/aromatic N) is 2. The van der Waals surface area contributed by atoms with Crippen LogP contribution in [0.5, 0.6) is 0 Å². The zero-order valence-corrected chi connectivity index (χ0v) is 10.7. The minimum Gasteiger partial charge on any atom is -0.393 e. The molecule has 2 rings (SSSR count). The molecule has 2 unspecified atom stereocenters. The van der Waals surface area contributed by atoms with Crippen molar-refractivity contribution < 1.29 is 9.90 Å². The number of hydrogen-bond acceptors (Lipinski definition) is 4. The molecule has 2 N–H and O–H groups in total. The Kier molecular flexibility index (Phi) is 4.49. The van der Waals surface area contributed by atoms with Crippen LogP contribution in [0.3, 0.4) is 0 Å². The van der Waals surface area contributed by atoms with Gasteiger partial charge in [-0.15, -0.1) is 0 Å². The lowest BCUT2D eigenvalue weighted by Crippen LogP contribution is -2.37. The van der Waals surface area contributed by atoms with Crippen LogP contribution >= 0.6 is 11.6 Å². The molecule has 1 fully saturated rings. The molecule has 1 aliphatic rings. The summed E-state index contributed by atoms with van der Waals surface area (Å²) in [5.41, 5.74) is 0.202. The van der Waals surface area contributed by atoms with E-state index in [2.05, 4.69) is 15.3 Å². The first kappa shape index (κ1) is 13.2. The Hall–Kier alpha value is -1.20. The van der Waals surface area contributed by atoms with Crippen LogP contribution in [0.15, 0.2) is 12.4 Å². The number of aromatic nitrogens is 2. The lowest BCUT2D eigenvalue weighted by Gasteiger charge is -2.27. The van der Waals surface area contributed by atoms with Gasteiger partial charge in [0, 0.05) is 12.5 Å². The van der Waals surface area contributed by atoms with Gasteiger partial charge in [-0.3, -0.25) is 9.78 Å². The number of aliphatic hydroxyl groups excluding tert-OH is 1. The van der Waals surface area contributed by atoms with E-state index < -0.39 is 0 Å². The molecule has 0 spiro atoms. The highest BCUT2D eigenvalue weighted by Gasteiger charge is 2.23. The topological polar surface area (TPSA) is 75.1 Å². The van der Waals surface area contributed by atoms with Crippen LogP contribution in [0.4, 0.5) is 0 Å². The molecule has 2 atom stereocenters. The van der Waals surface area contributed by atoms with E-state index in [4.69, 9.17) is 11.6 Å². The number of halogens is 1. The monoisotopic (exact) mass is 269 g/mol. The van der Waals surface area contributed by atoms with Crippen LogP contribution in [0, 0.1) is 5.92 Å². The molecule has 0 aromatic carbocycles. The van der Waals surface area contributed by atoms with Gasteiger partial charge in [0.05, 0.1) is 18.5 Å². The van der Waals surface area contributed by atoms with Gasteiger partial charge in [0.2, 0.25) is 0 Å². The average Bonchev–Trinajstić information content (AvgIpc) is 2.37. The van der Waals surface area contributed by atoms with E-state index in [1.807, 2.05) is 0 Å². The van der Waals surface area contributed by atoms with Crippen LogP contribution < -0.4 is 5.32 Å². The van der Waals surface area contributed by atoms with Gasteiger partial charge in [0.25, 0.3) is 5.91 Å². The van der Waals surface area contributed by atoms with Gasteiger partial charge in [-0.1, -0.05) is 24.4 Å². The smallest absolute Gasteiger partial charge is 0.271 e. The van der Waals surface area contributed by atoms with Crippen molar-refractivity contribution in [1.29, 1.82) is 0 Å². The Balaban J connectivity index is 1.88. The molecule has 1 amide bonds. The number of amides is 1. The molecule has 98 valence electrons. The summed E-state index contributed by atoms with van der Waals surface area (Å²) in [4.78, 5) is 19.5. The van der Waals surface area contributed by atoms with Gasteiger partial charge in [-0.25, -0.2) is 4.98 Å². The van der Waals surface area contributed by atoms with Crippen molar-refractivity contribution in [2.24, 2.45) is 5.92 Å². The minimum atomic E-state index is -0.315. The van der Waals surface area contributed by atoms with Crippen molar-refractivity contribution in [2.75, 3.05) is 6.54 Å². The molecule has 6 heteroatoms. The van der Waals surface area contributed by atoms with Crippen molar-refractivity contribution in [3.05, 3.63) is 23.2 Å². The molecule has 1 aromatic heterocycles. The number of rotatable bonds is 3. The molecular weight excluding hydrogens is 254 g/mol. The quantitative estimate of drug-likeness (QED) is 0.870.